The third kappa shape index (κ3) is 7.59. The number of nitrogens with zero attached hydrogens (tertiary/aromatic N) is 3. The van der Waals surface area contributed by atoms with Crippen molar-refractivity contribution in [3.8, 4) is 11.1 Å². The fraction of sp³-hybridized carbons (Fsp3) is 0.382. The highest BCUT2D eigenvalue weighted by Crippen LogP contribution is 2.61. The summed E-state index contributed by atoms with van der Waals surface area (Å²) in [6.07, 6.45) is 6.15. The van der Waals surface area contributed by atoms with Crippen LogP contribution in [0.4, 0.5) is 45.5 Å². The van der Waals surface area contributed by atoms with Crippen LogP contribution in [0.15, 0.2) is 140 Å². The summed E-state index contributed by atoms with van der Waals surface area (Å²) in [5.41, 5.74) is 24.8. The van der Waals surface area contributed by atoms with Crippen molar-refractivity contribution in [2.24, 2.45) is 0 Å². The van der Waals surface area contributed by atoms with Crippen molar-refractivity contribution in [2.75, 3.05) is 14.7 Å². The molecule has 0 N–H and O–H groups in total. The fourth-order valence-electron chi connectivity index (χ4n) is 13.2. The zero-order valence-corrected chi connectivity index (χ0v) is 46.2. The minimum Gasteiger partial charge on any atom is -0.334 e. The van der Waals surface area contributed by atoms with Crippen molar-refractivity contribution in [1.82, 2.24) is 0 Å². The zero-order valence-electron chi connectivity index (χ0n) is 46.2. The maximum absolute atomic E-state index is 2.80. The first-order valence-corrected chi connectivity index (χ1v) is 27.2. The Kier molecular flexibility index (Phi) is 11.1. The van der Waals surface area contributed by atoms with Gasteiger partial charge in [0.05, 0.1) is 11.2 Å². The highest BCUT2D eigenvalue weighted by atomic mass is 15.3. The first-order valence-electron chi connectivity index (χ1n) is 27.2. The highest BCUT2D eigenvalue weighted by Gasteiger charge is 2.57. The minimum absolute atomic E-state index is 0.00580. The summed E-state index contributed by atoms with van der Waals surface area (Å²) >= 11 is 0. The van der Waals surface area contributed by atoms with E-state index in [0.717, 1.165) is 6.42 Å². The van der Waals surface area contributed by atoms with Crippen LogP contribution >= 0.6 is 0 Å². The Labute approximate surface area is 433 Å². The number of rotatable bonds is 4. The van der Waals surface area contributed by atoms with Gasteiger partial charge in [0.1, 0.15) is 0 Å². The van der Waals surface area contributed by atoms with E-state index in [1.807, 2.05) is 0 Å². The highest BCUT2D eigenvalue weighted by molar-refractivity contribution is 7.00. The minimum atomic E-state index is -0.0926. The summed E-state index contributed by atoms with van der Waals surface area (Å²) in [6.45, 7) is 35.6. The van der Waals surface area contributed by atoms with Crippen LogP contribution in [0, 0.1) is 6.92 Å². The van der Waals surface area contributed by atoms with E-state index in [0.29, 0.717) is 0 Å². The molecule has 7 aromatic carbocycles. The number of hydrogen-bond donors (Lipinski definition) is 0. The SMILES string of the molecule is Cc1cc2c3c(c1)N(c1ccc(C(C)(C)C)cc1-c1ccccc1)c1ccc(C(C)(C)C)cc1B3c1ccc(N3c4ccc(C(C)(C)C)cc4C4(C)CCCCCC34C)cc1N2c1ccc(C(C)(C)C)cc1. The smallest absolute Gasteiger partial charge is 0.252 e. The number of hydrogen-bond acceptors (Lipinski definition) is 3. The molecular formula is C68H78BN3. The van der Waals surface area contributed by atoms with Crippen LogP contribution < -0.4 is 31.1 Å². The average Bonchev–Trinajstić information content (AvgIpc) is 3.38. The van der Waals surface area contributed by atoms with Crippen LogP contribution in [0.3, 0.4) is 0 Å². The molecule has 0 amide bonds. The van der Waals surface area contributed by atoms with Crippen LogP contribution in [0.1, 0.15) is 162 Å². The van der Waals surface area contributed by atoms with Gasteiger partial charge in [-0.1, -0.05) is 188 Å². The van der Waals surface area contributed by atoms with Crippen LogP contribution in [0.25, 0.3) is 11.1 Å². The molecule has 7 aromatic rings. The van der Waals surface area contributed by atoms with Gasteiger partial charge in [0.2, 0.25) is 0 Å². The van der Waals surface area contributed by atoms with Gasteiger partial charge in [-0.15, -0.1) is 0 Å². The molecule has 0 bridgehead atoms. The number of benzene rings is 7. The normalized spacial score (nSPS) is 19.6. The molecule has 0 radical (unpaired) electrons. The van der Waals surface area contributed by atoms with Crippen LogP contribution in [-0.2, 0) is 27.1 Å². The monoisotopic (exact) mass is 948 g/mol. The molecule has 0 saturated heterocycles. The lowest BCUT2D eigenvalue weighted by Crippen LogP contribution is -2.61. The molecule has 3 aliphatic heterocycles. The maximum atomic E-state index is 2.80. The van der Waals surface area contributed by atoms with E-state index >= 15 is 0 Å². The largest absolute Gasteiger partial charge is 0.334 e. The van der Waals surface area contributed by atoms with E-state index in [9.17, 15) is 0 Å². The van der Waals surface area contributed by atoms with Crippen molar-refractivity contribution in [3.05, 3.63) is 173 Å². The second kappa shape index (κ2) is 16.5. The molecule has 3 nitrogen and oxygen atoms in total. The number of anilines is 8. The van der Waals surface area contributed by atoms with Crippen molar-refractivity contribution >= 4 is 68.6 Å². The van der Waals surface area contributed by atoms with Crippen molar-refractivity contribution < 1.29 is 0 Å². The standard InChI is InChI=1S/C68H78BN3/c1-44-38-60-62-61(39-44)71(56-33-26-47(64(5,6)7)40-52(56)45-22-18-16-19-23-45)58-35-28-49(66(11,12)13)42-55(58)69(62)54-32-31-51(43-59(54)70(60)50-29-24-46(25-30-50)63(2,3)4)72-57-34-27-48(65(8,9)10)41-53(57)67(14)36-20-17-21-37-68(67,72)15/h16,18-19,22-35,38-43H,17,20-21,36-37H2,1-15H3. The van der Waals surface area contributed by atoms with E-state index in [4.69, 9.17) is 0 Å². The summed E-state index contributed by atoms with van der Waals surface area (Å²) < 4.78 is 0. The van der Waals surface area contributed by atoms with Gasteiger partial charge in [-0.2, -0.15) is 0 Å². The van der Waals surface area contributed by atoms with Gasteiger partial charge in [0.25, 0.3) is 6.71 Å². The predicted octanol–water partition coefficient (Wildman–Crippen LogP) is 17.1. The average molecular weight is 948 g/mol. The third-order valence-corrected chi connectivity index (χ3v) is 17.7. The molecule has 11 rings (SSSR count). The lowest BCUT2D eigenvalue weighted by molar-refractivity contribution is 0.261. The van der Waals surface area contributed by atoms with E-state index in [1.165, 1.54) is 132 Å². The van der Waals surface area contributed by atoms with Crippen LogP contribution in [0.2, 0.25) is 0 Å². The number of fused-ring (bicyclic) bond motifs is 7. The van der Waals surface area contributed by atoms with E-state index < -0.39 is 0 Å². The summed E-state index contributed by atoms with van der Waals surface area (Å²) in [4.78, 5) is 8.07. The maximum Gasteiger partial charge on any atom is 0.252 e. The Bertz CT molecular complexity index is 3260. The molecule has 4 aliphatic rings. The Morgan fingerprint density at radius 2 is 0.972 bits per heavy atom. The molecule has 2 unspecified atom stereocenters. The Morgan fingerprint density at radius 3 is 1.61 bits per heavy atom. The summed E-state index contributed by atoms with van der Waals surface area (Å²) in [6, 6.07) is 55.3. The Hall–Kier alpha value is -6.00. The van der Waals surface area contributed by atoms with Gasteiger partial charge >= 0.3 is 0 Å². The molecule has 4 heteroatoms. The molecule has 3 heterocycles. The van der Waals surface area contributed by atoms with E-state index in [-0.39, 0.29) is 39.3 Å². The zero-order chi connectivity index (χ0) is 51.1. The topological polar surface area (TPSA) is 9.72 Å². The van der Waals surface area contributed by atoms with E-state index in [2.05, 4.69) is 258 Å². The van der Waals surface area contributed by atoms with Crippen molar-refractivity contribution in [3.63, 3.8) is 0 Å². The molecular weight excluding hydrogens is 870 g/mol. The Balaban J connectivity index is 1.21. The lowest BCUT2D eigenvalue weighted by atomic mass is 9.33. The van der Waals surface area contributed by atoms with Crippen molar-refractivity contribution in [2.45, 2.75) is 169 Å². The summed E-state index contributed by atoms with van der Waals surface area (Å²) in [7, 11) is 0. The molecule has 368 valence electrons. The summed E-state index contributed by atoms with van der Waals surface area (Å²) in [5, 5.41) is 0. The predicted molar refractivity (Wildman–Crippen MR) is 313 cm³/mol. The van der Waals surface area contributed by atoms with Gasteiger partial charge in [0, 0.05) is 50.8 Å². The molecule has 72 heavy (non-hydrogen) atoms. The first-order chi connectivity index (χ1) is 33.9. The quantitative estimate of drug-likeness (QED) is 0.163. The second-order valence-corrected chi connectivity index (χ2v) is 26.7. The lowest BCUT2D eigenvalue weighted by Gasteiger charge is -2.48. The Morgan fingerprint density at radius 1 is 0.431 bits per heavy atom. The van der Waals surface area contributed by atoms with Crippen molar-refractivity contribution in [1.29, 1.82) is 0 Å². The molecule has 1 fully saturated rings. The summed E-state index contributed by atoms with van der Waals surface area (Å²) in [5.74, 6) is 0. The molecule has 2 atom stereocenters. The number of aryl methyl sites for hydroxylation is 1. The molecule has 0 aromatic heterocycles. The van der Waals surface area contributed by atoms with Gasteiger partial charge in [0.15, 0.2) is 0 Å². The molecule has 0 spiro atoms. The third-order valence-electron chi connectivity index (χ3n) is 17.7. The molecule has 1 aliphatic carbocycles. The van der Waals surface area contributed by atoms with Gasteiger partial charge in [-0.3, -0.25) is 0 Å². The first kappa shape index (κ1) is 48.3. The fourth-order valence-corrected chi connectivity index (χ4v) is 13.2. The van der Waals surface area contributed by atoms with Gasteiger partial charge in [-0.05, 0) is 164 Å². The van der Waals surface area contributed by atoms with E-state index in [1.54, 1.807) is 0 Å². The van der Waals surface area contributed by atoms with Gasteiger partial charge in [-0.25, -0.2) is 0 Å². The second-order valence-electron chi connectivity index (χ2n) is 26.7. The molecule has 1 saturated carbocycles. The van der Waals surface area contributed by atoms with Crippen LogP contribution in [0.5, 0.6) is 0 Å². The van der Waals surface area contributed by atoms with Crippen LogP contribution in [-0.4, -0.2) is 12.3 Å². The van der Waals surface area contributed by atoms with Gasteiger partial charge < -0.3 is 14.7 Å².